The molecule has 0 radical (unpaired) electrons. The average Bonchev–Trinajstić information content (AvgIpc) is 2.48. The summed E-state index contributed by atoms with van der Waals surface area (Å²) in [6.07, 6.45) is 7.46. The van der Waals surface area contributed by atoms with Crippen LogP contribution in [0.1, 0.15) is 67.9 Å². The lowest BCUT2D eigenvalue weighted by Gasteiger charge is -2.23. The van der Waals surface area contributed by atoms with Gasteiger partial charge in [-0.3, -0.25) is 9.59 Å². The van der Waals surface area contributed by atoms with Crippen molar-refractivity contribution in [1.29, 1.82) is 0 Å². The molecule has 106 valence electrons. The number of ether oxygens (including phenoxy) is 1. The van der Waals surface area contributed by atoms with Gasteiger partial charge in [-0.1, -0.05) is 43.5 Å². The number of hydrogen-bond donors (Lipinski definition) is 0. The van der Waals surface area contributed by atoms with Crippen LogP contribution in [-0.2, 0) is 14.3 Å². The van der Waals surface area contributed by atoms with Crippen molar-refractivity contribution in [3.05, 3.63) is 35.4 Å². The van der Waals surface area contributed by atoms with Crippen molar-refractivity contribution in [3.63, 3.8) is 0 Å². The largest absolute Gasteiger partial charge is 0.393 e. The van der Waals surface area contributed by atoms with Gasteiger partial charge in [0.05, 0.1) is 5.92 Å². The number of hydrogen-bond acceptors (Lipinski definition) is 3. The summed E-state index contributed by atoms with van der Waals surface area (Å²) in [5.74, 6) is -0.387. The first-order valence-corrected chi connectivity index (χ1v) is 7.58. The highest BCUT2D eigenvalue weighted by atomic mass is 16.6. The van der Waals surface area contributed by atoms with Gasteiger partial charge in [0, 0.05) is 6.42 Å². The van der Waals surface area contributed by atoms with Gasteiger partial charge in [-0.05, 0) is 36.3 Å². The second-order valence-electron chi connectivity index (χ2n) is 5.89. The fourth-order valence-electron chi connectivity index (χ4n) is 3.35. The molecule has 1 aromatic rings. The van der Waals surface area contributed by atoms with Crippen molar-refractivity contribution in [3.8, 4) is 0 Å². The molecule has 3 rings (SSSR count). The van der Waals surface area contributed by atoms with E-state index in [1.807, 2.05) is 12.1 Å². The minimum Gasteiger partial charge on any atom is -0.393 e. The molecule has 0 N–H and O–H groups in total. The summed E-state index contributed by atoms with van der Waals surface area (Å²) in [6.45, 7) is 0. The SMILES string of the molecule is O=C1CC[C@@H](c2ccc(C3CCCCC3)cc2)C(=O)O1. The van der Waals surface area contributed by atoms with Crippen LogP contribution in [0.5, 0.6) is 0 Å². The van der Waals surface area contributed by atoms with Crippen molar-refractivity contribution in [1.82, 2.24) is 0 Å². The topological polar surface area (TPSA) is 43.4 Å². The summed E-state index contributed by atoms with van der Waals surface area (Å²) >= 11 is 0. The third-order valence-electron chi connectivity index (χ3n) is 4.55. The minimum absolute atomic E-state index is 0.270. The van der Waals surface area contributed by atoms with Crippen LogP contribution in [0.2, 0.25) is 0 Å². The Hall–Kier alpha value is -1.64. The maximum absolute atomic E-state index is 11.7. The molecule has 0 aromatic heterocycles. The van der Waals surface area contributed by atoms with Crippen molar-refractivity contribution < 1.29 is 14.3 Å². The molecule has 1 atom stereocenters. The van der Waals surface area contributed by atoms with E-state index < -0.39 is 11.9 Å². The quantitative estimate of drug-likeness (QED) is 0.609. The van der Waals surface area contributed by atoms with Gasteiger partial charge in [-0.2, -0.15) is 0 Å². The van der Waals surface area contributed by atoms with Gasteiger partial charge < -0.3 is 4.74 Å². The Morgan fingerprint density at radius 2 is 1.50 bits per heavy atom. The number of carbonyl (C=O) groups is 2. The van der Waals surface area contributed by atoms with Crippen LogP contribution in [-0.4, -0.2) is 11.9 Å². The average molecular weight is 272 g/mol. The number of cyclic esters (lactones) is 2. The summed E-state index contributed by atoms with van der Waals surface area (Å²) in [4.78, 5) is 22.8. The van der Waals surface area contributed by atoms with Gasteiger partial charge in [0.25, 0.3) is 0 Å². The van der Waals surface area contributed by atoms with Crippen LogP contribution in [0.25, 0.3) is 0 Å². The molecule has 1 saturated heterocycles. The normalized spacial score (nSPS) is 24.5. The molecule has 0 unspecified atom stereocenters. The minimum atomic E-state index is -0.398. The lowest BCUT2D eigenvalue weighted by molar-refractivity contribution is -0.164. The lowest BCUT2D eigenvalue weighted by atomic mass is 9.83. The van der Waals surface area contributed by atoms with Gasteiger partial charge in [-0.25, -0.2) is 0 Å². The first-order chi connectivity index (χ1) is 9.74. The molecule has 1 heterocycles. The Labute approximate surface area is 119 Å². The van der Waals surface area contributed by atoms with E-state index in [0.29, 0.717) is 18.8 Å². The molecule has 1 saturated carbocycles. The fourth-order valence-corrected chi connectivity index (χ4v) is 3.35. The molecule has 3 nitrogen and oxygen atoms in total. The summed E-state index contributed by atoms with van der Waals surface area (Å²) in [5, 5.41) is 0. The molecule has 2 aliphatic rings. The van der Waals surface area contributed by atoms with E-state index in [1.165, 1.54) is 37.7 Å². The monoisotopic (exact) mass is 272 g/mol. The second kappa shape index (κ2) is 5.78. The Kier molecular flexibility index (Phi) is 3.86. The highest BCUT2D eigenvalue weighted by Crippen LogP contribution is 2.34. The van der Waals surface area contributed by atoms with E-state index in [1.54, 1.807) is 0 Å². The molecule has 2 fully saturated rings. The van der Waals surface area contributed by atoms with Crippen molar-refractivity contribution >= 4 is 11.9 Å². The van der Waals surface area contributed by atoms with Gasteiger partial charge in [0.2, 0.25) is 0 Å². The number of rotatable bonds is 2. The van der Waals surface area contributed by atoms with Gasteiger partial charge in [0.1, 0.15) is 0 Å². The van der Waals surface area contributed by atoms with E-state index in [4.69, 9.17) is 4.74 Å². The fraction of sp³-hybridized carbons (Fsp3) is 0.529. The summed E-state index contributed by atoms with van der Waals surface area (Å²) in [6, 6.07) is 8.36. The van der Waals surface area contributed by atoms with Crippen molar-refractivity contribution in [2.75, 3.05) is 0 Å². The van der Waals surface area contributed by atoms with Gasteiger partial charge in [-0.15, -0.1) is 0 Å². The molecular formula is C17H20O3. The zero-order valence-electron chi connectivity index (χ0n) is 11.6. The van der Waals surface area contributed by atoms with E-state index in [0.717, 1.165) is 5.56 Å². The Morgan fingerprint density at radius 1 is 0.850 bits per heavy atom. The number of benzene rings is 1. The first-order valence-electron chi connectivity index (χ1n) is 7.58. The van der Waals surface area contributed by atoms with Crippen LogP contribution in [0, 0.1) is 0 Å². The summed E-state index contributed by atoms with van der Waals surface area (Å²) < 4.78 is 4.72. The zero-order chi connectivity index (χ0) is 13.9. The van der Waals surface area contributed by atoms with E-state index in [2.05, 4.69) is 12.1 Å². The Morgan fingerprint density at radius 3 is 2.15 bits per heavy atom. The van der Waals surface area contributed by atoms with Crippen LogP contribution >= 0.6 is 0 Å². The van der Waals surface area contributed by atoms with E-state index in [-0.39, 0.29) is 5.92 Å². The van der Waals surface area contributed by atoms with Crippen LogP contribution in [0.15, 0.2) is 24.3 Å². The molecular weight excluding hydrogens is 252 g/mol. The maximum atomic E-state index is 11.7. The Balaban J connectivity index is 1.72. The molecule has 0 spiro atoms. The highest BCUT2D eigenvalue weighted by molar-refractivity contribution is 5.92. The standard InChI is InChI=1S/C17H20O3/c18-16-11-10-15(17(19)20-16)14-8-6-13(7-9-14)12-4-2-1-3-5-12/h6-9,12,15H,1-5,10-11H2/t15-/m0/s1. The first kappa shape index (κ1) is 13.3. The third kappa shape index (κ3) is 2.77. The van der Waals surface area contributed by atoms with Crippen molar-refractivity contribution in [2.24, 2.45) is 0 Å². The van der Waals surface area contributed by atoms with Crippen LogP contribution in [0.3, 0.4) is 0 Å². The molecule has 0 amide bonds. The van der Waals surface area contributed by atoms with Crippen molar-refractivity contribution in [2.45, 2.75) is 56.8 Å². The molecule has 1 aliphatic heterocycles. The predicted octanol–water partition coefficient (Wildman–Crippen LogP) is 3.68. The molecule has 20 heavy (non-hydrogen) atoms. The lowest BCUT2D eigenvalue weighted by Crippen LogP contribution is -2.26. The molecule has 1 aliphatic carbocycles. The summed E-state index contributed by atoms with van der Waals surface area (Å²) in [5.41, 5.74) is 2.36. The highest BCUT2D eigenvalue weighted by Gasteiger charge is 2.30. The van der Waals surface area contributed by atoms with E-state index >= 15 is 0 Å². The number of carbonyl (C=O) groups excluding carboxylic acids is 2. The van der Waals surface area contributed by atoms with E-state index in [9.17, 15) is 9.59 Å². The number of esters is 2. The van der Waals surface area contributed by atoms with Gasteiger partial charge >= 0.3 is 11.9 Å². The Bertz CT molecular complexity index is 497. The second-order valence-corrected chi connectivity index (χ2v) is 5.89. The molecule has 1 aromatic carbocycles. The molecule has 3 heteroatoms. The molecule has 0 bridgehead atoms. The third-order valence-corrected chi connectivity index (χ3v) is 4.55. The predicted molar refractivity (Wildman–Crippen MR) is 75.3 cm³/mol. The smallest absolute Gasteiger partial charge is 0.321 e. The van der Waals surface area contributed by atoms with Gasteiger partial charge in [0.15, 0.2) is 0 Å². The van der Waals surface area contributed by atoms with Crippen LogP contribution < -0.4 is 0 Å². The zero-order valence-corrected chi connectivity index (χ0v) is 11.6. The van der Waals surface area contributed by atoms with Crippen LogP contribution in [0.4, 0.5) is 0 Å². The summed E-state index contributed by atoms with van der Waals surface area (Å²) in [7, 11) is 0. The maximum Gasteiger partial charge on any atom is 0.321 e.